The Hall–Kier alpha value is -1.98. The standard InChI is InChI=1S/C13H14F2N2O2/c1-8(16-17-12(18)10-2-3-10)9-4-6-11(7-5-9)19-13(14)15/h4-7,10,13H,2-3H2,1H3,(H,17,18)/b16-8-. The quantitative estimate of drug-likeness (QED) is 0.659. The summed E-state index contributed by atoms with van der Waals surface area (Å²) in [5.41, 5.74) is 3.83. The molecule has 0 radical (unpaired) electrons. The lowest BCUT2D eigenvalue weighted by Crippen LogP contribution is -2.20. The molecule has 0 bridgehead atoms. The van der Waals surface area contributed by atoms with Crippen molar-refractivity contribution in [3.8, 4) is 5.75 Å². The van der Waals surface area contributed by atoms with Gasteiger partial charge in [-0.3, -0.25) is 4.79 Å². The Morgan fingerprint density at radius 3 is 2.53 bits per heavy atom. The SMILES string of the molecule is C/C(=N/NC(=O)C1CC1)c1ccc(OC(F)F)cc1. The van der Waals surface area contributed by atoms with E-state index in [4.69, 9.17) is 0 Å². The Bertz CT molecular complexity index is 482. The number of benzene rings is 1. The maximum absolute atomic E-state index is 12.0. The molecular formula is C13H14F2N2O2. The number of hydrazone groups is 1. The summed E-state index contributed by atoms with van der Waals surface area (Å²) in [4.78, 5) is 11.4. The zero-order chi connectivity index (χ0) is 13.8. The van der Waals surface area contributed by atoms with Crippen LogP contribution in [0.5, 0.6) is 5.75 Å². The lowest BCUT2D eigenvalue weighted by molar-refractivity contribution is -0.122. The molecular weight excluding hydrogens is 254 g/mol. The van der Waals surface area contributed by atoms with E-state index in [1.807, 2.05) is 0 Å². The van der Waals surface area contributed by atoms with Gasteiger partial charge in [-0.1, -0.05) is 0 Å². The predicted molar refractivity (Wildman–Crippen MR) is 66.2 cm³/mol. The zero-order valence-corrected chi connectivity index (χ0v) is 10.4. The van der Waals surface area contributed by atoms with Crippen LogP contribution in [0.1, 0.15) is 25.3 Å². The molecule has 1 aromatic rings. The summed E-state index contributed by atoms with van der Waals surface area (Å²) in [6.45, 7) is -1.10. The van der Waals surface area contributed by atoms with Crippen LogP contribution in [-0.4, -0.2) is 18.2 Å². The molecule has 0 atom stereocenters. The van der Waals surface area contributed by atoms with E-state index < -0.39 is 6.61 Å². The van der Waals surface area contributed by atoms with Crippen LogP contribution in [0.3, 0.4) is 0 Å². The highest BCUT2D eigenvalue weighted by Gasteiger charge is 2.29. The van der Waals surface area contributed by atoms with E-state index in [0.29, 0.717) is 5.71 Å². The van der Waals surface area contributed by atoms with E-state index in [2.05, 4.69) is 15.3 Å². The highest BCUT2D eigenvalue weighted by atomic mass is 19.3. The number of halogens is 2. The third-order valence-electron chi connectivity index (χ3n) is 2.78. The van der Waals surface area contributed by atoms with Crippen molar-refractivity contribution >= 4 is 11.6 Å². The highest BCUT2D eigenvalue weighted by molar-refractivity contribution is 5.99. The van der Waals surface area contributed by atoms with Gasteiger partial charge in [0.2, 0.25) is 5.91 Å². The molecule has 4 nitrogen and oxygen atoms in total. The Morgan fingerprint density at radius 1 is 1.37 bits per heavy atom. The average molecular weight is 268 g/mol. The van der Waals surface area contributed by atoms with Crippen LogP contribution in [0.25, 0.3) is 0 Å². The van der Waals surface area contributed by atoms with Gasteiger partial charge in [-0.2, -0.15) is 13.9 Å². The summed E-state index contributed by atoms with van der Waals surface area (Å²) in [7, 11) is 0. The van der Waals surface area contributed by atoms with E-state index in [1.54, 1.807) is 19.1 Å². The number of nitrogens with one attached hydrogen (secondary N) is 1. The number of nitrogens with zero attached hydrogens (tertiary/aromatic N) is 1. The fourth-order valence-corrected chi connectivity index (χ4v) is 1.52. The summed E-state index contributed by atoms with van der Waals surface area (Å²) < 4.78 is 28.2. The van der Waals surface area contributed by atoms with Crippen molar-refractivity contribution in [1.29, 1.82) is 0 Å². The van der Waals surface area contributed by atoms with E-state index in [0.717, 1.165) is 18.4 Å². The van der Waals surface area contributed by atoms with Crippen molar-refractivity contribution in [3.63, 3.8) is 0 Å². The minimum atomic E-state index is -2.83. The number of hydrogen-bond donors (Lipinski definition) is 1. The van der Waals surface area contributed by atoms with Gasteiger partial charge in [-0.25, -0.2) is 5.43 Å². The van der Waals surface area contributed by atoms with Crippen molar-refractivity contribution in [2.75, 3.05) is 0 Å². The van der Waals surface area contributed by atoms with Gasteiger partial charge in [0, 0.05) is 5.92 Å². The minimum absolute atomic E-state index is 0.0722. The first-order chi connectivity index (χ1) is 9.06. The molecule has 0 aliphatic heterocycles. The van der Waals surface area contributed by atoms with Crippen LogP contribution >= 0.6 is 0 Å². The highest BCUT2D eigenvalue weighted by Crippen LogP contribution is 2.28. The summed E-state index contributed by atoms with van der Waals surface area (Å²) in [6.07, 6.45) is 1.83. The summed E-state index contributed by atoms with van der Waals surface area (Å²) >= 11 is 0. The first-order valence-electron chi connectivity index (χ1n) is 5.95. The molecule has 1 aliphatic carbocycles. The monoisotopic (exact) mass is 268 g/mol. The molecule has 102 valence electrons. The van der Waals surface area contributed by atoms with Crippen LogP contribution in [0, 0.1) is 5.92 Å². The van der Waals surface area contributed by atoms with Gasteiger partial charge in [-0.05, 0) is 49.6 Å². The lowest BCUT2D eigenvalue weighted by Gasteiger charge is -2.06. The molecule has 1 aliphatic rings. The van der Waals surface area contributed by atoms with Crippen LogP contribution < -0.4 is 10.2 Å². The Kier molecular flexibility index (Phi) is 4.09. The van der Waals surface area contributed by atoms with Crippen LogP contribution in [0.2, 0.25) is 0 Å². The van der Waals surface area contributed by atoms with Gasteiger partial charge in [0.05, 0.1) is 5.71 Å². The number of rotatable bonds is 5. The maximum atomic E-state index is 12.0. The van der Waals surface area contributed by atoms with Crippen molar-refractivity contribution in [1.82, 2.24) is 5.43 Å². The van der Waals surface area contributed by atoms with Crippen molar-refractivity contribution < 1.29 is 18.3 Å². The van der Waals surface area contributed by atoms with Gasteiger partial charge in [0.15, 0.2) is 0 Å². The van der Waals surface area contributed by atoms with Gasteiger partial charge >= 0.3 is 6.61 Å². The first kappa shape index (κ1) is 13.5. The second-order valence-corrected chi connectivity index (χ2v) is 4.35. The Labute approximate surface area is 109 Å². The summed E-state index contributed by atoms with van der Waals surface area (Å²) in [5.74, 6) is 0.115. The fraction of sp³-hybridized carbons (Fsp3) is 0.385. The molecule has 0 spiro atoms. The molecule has 1 amide bonds. The Balaban J connectivity index is 1.96. The third-order valence-corrected chi connectivity index (χ3v) is 2.78. The third kappa shape index (κ3) is 4.01. The molecule has 1 aromatic carbocycles. The maximum Gasteiger partial charge on any atom is 0.387 e. The molecule has 6 heteroatoms. The van der Waals surface area contributed by atoms with Gasteiger partial charge in [0.25, 0.3) is 0 Å². The molecule has 19 heavy (non-hydrogen) atoms. The zero-order valence-electron chi connectivity index (χ0n) is 10.4. The minimum Gasteiger partial charge on any atom is -0.435 e. The smallest absolute Gasteiger partial charge is 0.387 e. The number of carbonyl (C=O) groups is 1. The normalized spacial score (nSPS) is 15.5. The largest absolute Gasteiger partial charge is 0.435 e. The van der Waals surface area contributed by atoms with Gasteiger partial charge in [-0.15, -0.1) is 0 Å². The average Bonchev–Trinajstić information content (AvgIpc) is 3.20. The number of ether oxygens (including phenoxy) is 1. The van der Waals surface area contributed by atoms with Crippen LogP contribution in [0.15, 0.2) is 29.4 Å². The number of amides is 1. The van der Waals surface area contributed by atoms with Crippen molar-refractivity contribution in [2.24, 2.45) is 11.0 Å². The van der Waals surface area contributed by atoms with Crippen molar-refractivity contribution in [3.05, 3.63) is 29.8 Å². The number of alkyl halides is 2. The number of carbonyl (C=O) groups excluding carboxylic acids is 1. The molecule has 0 saturated heterocycles. The Morgan fingerprint density at radius 2 is 2.00 bits per heavy atom. The second kappa shape index (κ2) is 5.77. The second-order valence-electron chi connectivity index (χ2n) is 4.35. The molecule has 1 N–H and O–H groups in total. The van der Waals surface area contributed by atoms with E-state index in [-0.39, 0.29) is 17.6 Å². The van der Waals surface area contributed by atoms with E-state index in [9.17, 15) is 13.6 Å². The molecule has 0 unspecified atom stereocenters. The van der Waals surface area contributed by atoms with Crippen LogP contribution in [0.4, 0.5) is 8.78 Å². The summed E-state index contributed by atoms with van der Waals surface area (Å²) in [5, 5.41) is 3.97. The van der Waals surface area contributed by atoms with E-state index >= 15 is 0 Å². The molecule has 0 heterocycles. The molecule has 0 aromatic heterocycles. The predicted octanol–water partition coefficient (Wildman–Crippen LogP) is 2.54. The lowest BCUT2D eigenvalue weighted by atomic mass is 10.1. The van der Waals surface area contributed by atoms with Crippen molar-refractivity contribution in [2.45, 2.75) is 26.4 Å². The van der Waals surface area contributed by atoms with Gasteiger partial charge in [0.1, 0.15) is 5.75 Å². The van der Waals surface area contributed by atoms with Crippen LogP contribution in [-0.2, 0) is 4.79 Å². The number of hydrogen-bond acceptors (Lipinski definition) is 3. The molecule has 1 saturated carbocycles. The molecule has 2 rings (SSSR count). The van der Waals surface area contributed by atoms with E-state index in [1.165, 1.54) is 12.1 Å². The first-order valence-corrected chi connectivity index (χ1v) is 5.95. The van der Waals surface area contributed by atoms with Gasteiger partial charge < -0.3 is 4.74 Å². The topological polar surface area (TPSA) is 50.7 Å². The fourth-order valence-electron chi connectivity index (χ4n) is 1.52. The molecule has 1 fully saturated rings. The summed E-state index contributed by atoms with van der Waals surface area (Å²) in [6, 6.07) is 6.09.